The Morgan fingerprint density at radius 3 is 2.89 bits per heavy atom. The number of amides is 2. The van der Waals surface area contributed by atoms with Crippen LogP contribution < -0.4 is 20.1 Å². The van der Waals surface area contributed by atoms with Crippen LogP contribution in [0.4, 0.5) is 15.0 Å². The SMILES string of the molecule is Cl.Cl.O=C1COc2ccc(CNCCCN3CC(c4ccnc5c(OCF)cccc45)OC3=O)nc2N1. The first-order valence-electron chi connectivity index (χ1n) is 11.3. The Morgan fingerprint density at radius 1 is 1.19 bits per heavy atom. The average molecular weight is 554 g/mol. The lowest BCUT2D eigenvalue weighted by Crippen LogP contribution is -2.28. The second-order valence-corrected chi connectivity index (χ2v) is 8.14. The van der Waals surface area contributed by atoms with Crippen molar-refractivity contribution in [3.8, 4) is 11.5 Å². The summed E-state index contributed by atoms with van der Waals surface area (Å²) in [5.41, 5.74) is 2.11. The van der Waals surface area contributed by atoms with Crippen LogP contribution in [0.1, 0.15) is 23.8 Å². The molecule has 3 aromatic rings. The van der Waals surface area contributed by atoms with Gasteiger partial charge in [-0.05, 0) is 37.2 Å². The summed E-state index contributed by atoms with van der Waals surface area (Å²) in [4.78, 5) is 34.3. The first kappa shape index (κ1) is 28.2. The first-order chi connectivity index (χ1) is 17.1. The fourth-order valence-electron chi connectivity index (χ4n) is 4.19. The molecule has 5 rings (SSSR count). The van der Waals surface area contributed by atoms with Gasteiger partial charge in [0.15, 0.2) is 18.2 Å². The van der Waals surface area contributed by atoms with Gasteiger partial charge < -0.3 is 29.7 Å². The second-order valence-electron chi connectivity index (χ2n) is 8.14. The van der Waals surface area contributed by atoms with E-state index in [0.717, 1.165) is 23.1 Å². The van der Waals surface area contributed by atoms with E-state index in [1.165, 1.54) is 0 Å². The van der Waals surface area contributed by atoms with E-state index >= 15 is 0 Å². The fraction of sp³-hybridized carbons (Fsp3) is 0.333. The molecular weight excluding hydrogens is 528 g/mol. The predicted octanol–water partition coefficient (Wildman–Crippen LogP) is 3.78. The van der Waals surface area contributed by atoms with Crippen molar-refractivity contribution < 1.29 is 28.2 Å². The molecule has 1 atom stereocenters. The van der Waals surface area contributed by atoms with Crippen LogP contribution in [0.15, 0.2) is 42.6 Å². The molecule has 2 aliphatic rings. The number of hydrogen-bond acceptors (Lipinski definition) is 8. The molecule has 2 aromatic heterocycles. The van der Waals surface area contributed by atoms with Gasteiger partial charge in [-0.25, -0.2) is 14.2 Å². The van der Waals surface area contributed by atoms with E-state index < -0.39 is 13.0 Å². The Kier molecular flexibility index (Phi) is 9.67. The van der Waals surface area contributed by atoms with Crippen molar-refractivity contribution in [2.75, 3.05) is 38.4 Å². The van der Waals surface area contributed by atoms with Crippen LogP contribution in [0.3, 0.4) is 0 Å². The van der Waals surface area contributed by atoms with Crippen molar-refractivity contribution >= 4 is 53.5 Å². The van der Waals surface area contributed by atoms with Gasteiger partial charge in [0.25, 0.3) is 5.91 Å². The topological polar surface area (TPSA) is 115 Å². The van der Waals surface area contributed by atoms with Crippen LogP contribution in [0.2, 0.25) is 0 Å². The Bertz CT molecular complexity index is 1270. The normalized spacial score (nSPS) is 16.1. The summed E-state index contributed by atoms with van der Waals surface area (Å²) in [5.74, 6) is 1.11. The van der Waals surface area contributed by atoms with Crippen LogP contribution in [0.25, 0.3) is 10.9 Å². The number of cyclic esters (lactones) is 1. The highest BCUT2D eigenvalue weighted by atomic mass is 35.5. The van der Waals surface area contributed by atoms with Gasteiger partial charge in [0, 0.05) is 30.2 Å². The first-order valence-corrected chi connectivity index (χ1v) is 11.3. The van der Waals surface area contributed by atoms with Crippen molar-refractivity contribution in [2.45, 2.75) is 19.1 Å². The number of para-hydroxylation sites is 1. The minimum absolute atomic E-state index is 0. The zero-order valence-electron chi connectivity index (χ0n) is 19.6. The molecular formula is C24H26Cl2FN5O5. The van der Waals surface area contributed by atoms with Gasteiger partial charge in [0.2, 0.25) is 6.86 Å². The molecule has 0 spiro atoms. The van der Waals surface area contributed by atoms with Crippen LogP contribution in [0.5, 0.6) is 11.5 Å². The number of carbonyl (C=O) groups excluding carboxylic acids is 2. The van der Waals surface area contributed by atoms with Gasteiger partial charge >= 0.3 is 6.09 Å². The maximum absolute atomic E-state index is 12.7. The summed E-state index contributed by atoms with van der Waals surface area (Å²) in [6.45, 7) is 1.18. The molecule has 2 aliphatic heterocycles. The fourth-order valence-corrected chi connectivity index (χ4v) is 4.19. The molecule has 2 amide bonds. The van der Waals surface area contributed by atoms with Crippen LogP contribution in [-0.4, -0.2) is 60.0 Å². The number of pyridine rings is 2. The molecule has 0 radical (unpaired) electrons. The number of benzene rings is 1. The third-order valence-corrected chi connectivity index (χ3v) is 5.83. The Balaban J connectivity index is 0.00000190. The maximum Gasteiger partial charge on any atom is 0.410 e. The third-order valence-electron chi connectivity index (χ3n) is 5.83. The van der Waals surface area contributed by atoms with Gasteiger partial charge in [0.05, 0.1) is 12.2 Å². The number of hydrogen-bond donors (Lipinski definition) is 2. The van der Waals surface area contributed by atoms with Crippen LogP contribution >= 0.6 is 24.8 Å². The molecule has 0 bridgehead atoms. The van der Waals surface area contributed by atoms with Crippen molar-refractivity contribution in [3.63, 3.8) is 0 Å². The van der Waals surface area contributed by atoms with Gasteiger partial charge in [-0.15, -0.1) is 24.8 Å². The summed E-state index contributed by atoms with van der Waals surface area (Å²) in [6, 6.07) is 10.7. The van der Waals surface area contributed by atoms with Crippen molar-refractivity contribution in [1.29, 1.82) is 0 Å². The van der Waals surface area contributed by atoms with Crippen molar-refractivity contribution in [3.05, 3.63) is 53.9 Å². The molecule has 198 valence electrons. The largest absolute Gasteiger partial charge is 0.480 e. The number of rotatable bonds is 9. The molecule has 0 aliphatic carbocycles. The molecule has 13 heteroatoms. The second kappa shape index (κ2) is 12.7. The number of carbonyl (C=O) groups is 2. The summed E-state index contributed by atoms with van der Waals surface area (Å²) in [6.07, 6.45) is 1.51. The lowest BCUT2D eigenvalue weighted by atomic mass is 10.0. The Labute approximate surface area is 224 Å². The zero-order chi connectivity index (χ0) is 24.2. The Hall–Kier alpha value is -3.41. The van der Waals surface area contributed by atoms with E-state index in [0.29, 0.717) is 49.0 Å². The molecule has 1 unspecified atom stereocenters. The lowest BCUT2D eigenvalue weighted by Gasteiger charge is -2.17. The summed E-state index contributed by atoms with van der Waals surface area (Å²) in [5, 5.41) is 6.75. The summed E-state index contributed by atoms with van der Waals surface area (Å²) >= 11 is 0. The molecule has 1 saturated heterocycles. The number of halogens is 3. The zero-order valence-corrected chi connectivity index (χ0v) is 21.3. The van der Waals surface area contributed by atoms with E-state index in [4.69, 9.17) is 14.2 Å². The number of nitrogens with one attached hydrogen (secondary N) is 2. The van der Waals surface area contributed by atoms with Gasteiger partial charge in [-0.1, -0.05) is 12.1 Å². The van der Waals surface area contributed by atoms with E-state index in [1.807, 2.05) is 18.2 Å². The van der Waals surface area contributed by atoms with Crippen LogP contribution in [0, 0.1) is 0 Å². The van der Waals surface area contributed by atoms with Gasteiger partial charge in [0.1, 0.15) is 17.4 Å². The standard InChI is InChI=1S/C24H24FN5O5.2ClH/c25-14-34-18-4-1-3-17-16(7-9-27-22(17)18)20-12-30(24(32)35-20)10-2-8-26-11-15-5-6-19-23(28-15)29-21(31)13-33-19;;/h1,3-7,9,20,26H,2,8,10-14H2,(H,28,29,31);2*1H. The van der Waals surface area contributed by atoms with Gasteiger partial charge in [-0.3, -0.25) is 9.78 Å². The number of nitrogens with zero attached hydrogens (tertiary/aromatic N) is 3. The van der Waals surface area contributed by atoms with Gasteiger partial charge in [-0.2, -0.15) is 0 Å². The summed E-state index contributed by atoms with van der Waals surface area (Å²) in [7, 11) is 0. The number of anilines is 1. The maximum atomic E-state index is 12.7. The molecule has 1 fully saturated rings. The lowest BCUT2D eigenvalue weighted by molar-refractivity contribution is -0.118. The average Bonchev–Trinajstić information content (AvgIpc) is 3.23. The predicted molar refractivity (Wildman–Crippen MR) is 138 cm³/mol. The Morgan fingerprint density at radius 2 is 2.05 bits per heavy atom. The minimum atomic E-state index is -0.946. The summed E-state index contributed by atoms with van der Waals surface area (Å²) < 4.78 is 28.7. The highest BCUT2D eigenvalue weighted by molar-refractivity contribution is 5.94. The smallest absolute Gasteiger partial charge is 0.410 e. The quantitative estimate of drug-likeness (QED) is 0.384. The molecule has 0 saturated carbocycles. The van der Waals surface area contributed by atoms with Crippen molar-refractivity contribution in [2.24, 2.45) is 0 Å². The molecule has 1 aromatic carbocycles. The monoisotopic (exact) mass is 553 g/mol. The van der Waals surface area contributed by atoms with Crippen molar-refractivity contribution in [1.82, 2.24) is 20.2 Å². The molecule has 2 N–H and O–H groups in total. The minimum Gasteiger partial charge on any atom is -0.480 e. The molecule has 10 nitrogen and oxygen atoms in total. The van der Waals surface area contributed by atoms with E-state index in [2.05, 4.69) is 20.6 Å². The van der Waals surface area contributed by atoms with E-state index in [-0.39, 0.29) is 43.4 Å². The molecule has 37 heavy (non-hydrogen) atoms. The highest BCUT2D eigenvalue weighted by Gasteiger charge is 2.33. The van der Waals surface area contributed by atoms with Crippen LogP contribution in [-0.2, 0) is 16.1 Å². The molecule has 4 heterocycles. The number of fused-ring (bicyclic) bond motifs is 2. The number of alkyl halides is 1. The van der Waals surface area contributed by atoms with E-state index in [9.17, 15) is 14.0 Å². The highest BCUT2D eigenvalue weighted by Crippen LogP contribution is 2.34. The number of aromatic nitrogens is 2. The number of ether oxygens (including phenoxy) is 3. The van der Waals surface area contributed by atoms with E-state index in [1.54, 1.807) is 29.3 Å². The third kappa shape index (κ3) is 6.30.